The molecule has 21 heavy (non-hydrogen) atoms. The highest BCUT2D eigenvalue weighted by Gasteiger charge is 2.30. The first-order valence-corrected chi connectivity index (χ1v) is 9.27. The second-order valence-electron chi connectivity index (χ2n) is 5.88. The van der Waals surface area contributed by atoms with Crippen LogP contribution in [0.4, 0.5) is 0 Å². The molecule has 0 bridgehead atoms. The van der Waals surface area contributed by atoms with Crippen molar-refractivity contribution in [2.75, 3.05) is 19.4 Å². The highest BCUT2D eigenvalue weighted by molar-refractivity contribution is 7.89. The first-order chi connectivity index (χ1) is 10.0. The van der Waals surface area contributed by atoms with Crippen molar-refractivity contribution < 1.29 is 13.5 Å². The maximum atomic E-state index is 12.6. The Kier molecular flexibility index (Phi) is 5.79. The van der Waals surface area contributed by atoms with Crippen LogP contribution >= 0.6 is 0 Å². The molecule has 1 atom stereocenters. The molecule has 0 aromatic heterocycles. The van der Waals surface area contributed by atoms with Crippen molar-refractivity contribution in [2.24, 2.45) is 5.92 Å². The molecule has 0 heterocycles. The molecule has 1 aromatic rings. The van der Waals surface area contributed by atoms with E-state index >= 15 is 0 Å². The Hall–Kier alpha value is -0.910. The lowest BCUT2D eigenvalue weighted by Crippen LogP contribution is -2.35. The third kappa shape index (κ3) is 4.28. The van der Waals surface area contributed by atoms with E-state index in [1.165, 1.54) is 4.31 Å². The van der Waals surface area contributed by atoms with Gasteiger partial charge in [0.05, 0.1) is 11.8 Å². The molecule has 1 N–H and O–H groups in total. The summed E-state index contributed by atoms with van der Waals surface area (Å²) in [5.41, 5.74) is 0.934. The van der Waals surface area contributed by atoms with Gasteiger partial charge in [-0.15, -0.1) is 0 Å². The van der Waals surface area contributed by atoms with E-state index < -0.39 is 10.0 Å². The maximum Gasteiger partial charge on any atom is 0.214 e. The van der Waals surface area contributed by atoms with Gasteiger partial charge in [-0.3, -0.25) is 0 Å². The molecule has 5 heteroatoms. The van der Waals surface area contributed by atoms with Crippen molar-refractivity contribution in [2.45, 2.75) is 38.1 Å². The number of nitrogens with zero attached hydrogens (tertiary/aromatic N) is 1. The van der Waals surface area contributed by atoms with Gasteiger partial charge in [0.15, 0.2) is 0 Å². The van der Waals surface area contributed by atoms with Crippen molar-refractivity contribution >= 4 is 10.0 Å². The summed E-state index contributed by atoms with van der Waals surface area (Å²) in [5, 5.41) is 9.28. The Morgan fingerprint density at radius 3 is 2.43 bits per heavy atom. The Labute approximate surface area is 127 Å². The fourth-order valence-electron chi connectivity index (χ4n) is 3.14. The molecule has 0 spiro atoms. The summed E-state index contributed by atoms with van der Waals surface area (Å²) in [6, 6.07) is 9.26. The molecular weight excluding hydrogens is 286 g/mol. The van der Waals surface area contributed by atoms with Gasteiger partial charge in [-0.25, -0.2) is 8.42 Å². The van der Waals surface area contributed by atoms with Crippen LogP contribution in [0, 0.1) is 5.92 Å². The molecule has 1 fully saturated rings. The lowest BCUT2D eigenvalue weighted by Gasteiger charge is -2.28. The van der Waals surface area contributed by atoms with Gasteiger partial charge < -0.3 is 5.11 Å². The second kappa shape index (κ2) is 7.38. The van der Waals surface area contributed by atoms with Gasteiger partial charge in [0.1, 0.15) is 0 Å². The quantitative estimate of drug-likeness (QED) is 0.842. The summed E-state index contributed by atoms with van der Waals surface area (Å²) in [6.45, 7) is -0.0250. The van der Waals surface area contributed by atoms with Gasteiger partial charge in [-0.2, -0.15) is 4.31 Å². The predicted molar refractivity (Wildman–Crippen MR) is 84.4 cm³/mol. The molecule has 1 saturated carbocycles. The first kappa shape index (κ1) is 16.5. The number of benzene rings is 1. The van der Waals surface area contributed by atoms with Crippen LogP contribution in [0.3, 0.4) is 0 Å². The number of aliphatic hydroxyl groups is 1. The van der Waals surface area contributed by atoms with Crippen molar-refractivity contribution in [3.8, 4) is 0 Å². The van der Waals surface area contributed by atoms with E-state index in [0.717, 1.165) is 31.2 Å². The molecular formula is C16H25NO3S. The molecule has 0 saturated heterocycles. The molecule has 1 aliphatic carbocycles. The molecule has 1 unspecified atom stereocenters. The van der Waals surface area contributed by atoms with Gasteiger partial charge in [0, 0.05) is 13.7 Å². The first-order valence-electron chi connectivity index (χ1n) is 7.66. The van der Waals surface area contributed by atoms with Crippen molar-refractivity contribution in [3.63, 3.8) is 0 Å². The van der Waals surface area contributed by atoms with E-state index in [4.69, 9.17) is 0 Å². The van der Waals surface area contributed by atoms with Crippen molar-refractivity contribution in [1.82, 2.24) is 4.31 Å². The van der Waals surface area contributed by atoms with Crippen LogP contribution in [-0.2, 0) is 10.0 Å². The van der Waals surface area contributed by atoms with Crippen LogP contribution in [0.1, 0.15) is 43.7 Å². The Morgan fingerprint density at radius 2 is 1.86 bits per heavy atom. The van der Waals surface area contributed by atoms with E-state index in [2.05, 4.69) is 0 Å². The van der Waals surface area contributed by atoms with E-state index in [1.807, 2.05) is 30.3 Å². The number of hydrogen-bond acceptors (Lipinski definition) is 3. The van der Waals surface area contributed by atoms with Crippen molar-refractivity contribution in [1.29, 1.82) is 0 Å². The fraction of sp³-hybridized carbons (Fsp3) is 0.625. The fourth-order valence-corrected chi connectivity index (χ4v) is 4.92. The predicted octanol–water partition coefficient (Wildman–Crippen LogP) is 2.56. The summed E-state index contributed by atoms with van der Waals surface area (Å²) >= 11 is 0. The zero-order valence-corrected chi connectivity index (χ0v) is 13.4. The standard InChI is InChI=1S/C16H25NO3S/c1-17(21(19,20)13-14-7-5-6-8-14)16(11-12-18)15-9-3-2-4-10-15/h2-4,9-10,14,16,18H,5-8,11-13H2,1H3. The van der Waals surface area contributed by atoms with Gasteiger partial charge in [-0.1, -0.05) is 43.2 Å². The molecule has 4 nitrogen and oxygen atoms in total. The summed E-state index contributed by atoms with van der Waals surface area (Å²) in [5.74, 6) is 0.529. The van der Waals surface area contributed by atoms with Gasteiger partial charge in [0.25, 0.3) is 0 Å². The third-order valence-electron chi connectivity index (χ3n) is 4.39. The minimum Gasteiger partial charge on any atom is -0.396 e. The highest BCUT2D eigenvalue weighted by atomic mass is 32.2. The van der Waals surface area contributed by atoms with Crippen LogP contribution in [0.5, 0.6) is 0 Å². The van der Waals surface area contributed by atoms with Crippen LogP contribution in [0.15, 0.2) is 30.3 Å². The zero-order chi connectivity index (χ0) is 15.3. The minimum atomic E-state index is -3.29. The molecule has 0 radical (unpaired) electrons. The normalized spacial score (nSPS) is 18.2. The van der Waals surface area contributed by atoms with E-state index in [-0.39, 0.29) is 18.4 Å². The molecule has 0 amide bonds. The van der Waals surface area contributed by atoms with E-state index in [1.54, 1.807) is 7.05 Å². The Balaban J connectivity index is 2.15. The SMILES string of the molecule is CN(C(CCO)c1ccccc1)S(=O)(=O)CC1CCCC1. The van der Waals surface area contributed by atoms with E-state index in [0.29, 0.717) is 12.3 Å². The summed E-state index contributed by atoms with van der Waals surface area (Å²) < 4.78 is 26.7. The highest BCUT2D eigenvalue weighted by Crippen LogP contribution is 2.30. The molecule has 118 valence electrons. The van der Waals surface area contributed by atoms with Crippen LogP contribution in [0.2, 0.25) is 0 Å². The monoisotopic (exact) mass is 311 g/mol. The number of sulfonamides is 1. The van der Waals surface area contributed by atoms with Gasteiger partial charge in [-0.05, 0) is 30.7 Å². The van der Waals surface area contributed by atoms with E-state index in [9.17, 15) is 13.5 Å². The van der Waals surface area contributed by atoms with Gasteiger partial charge >= 0.3 is 0 Å². The van der Waals surface area contributed by atoms with Crippen LogP contribution in [0.25, 0.3) is 0 Å². The lowest BCUT2D eigenvalue weighted by atomic mass is 10.0. The largest absolute Gasteiger partial charge is 0.396 e. The Bertz CT molecular complexity index is 524. The molecule has 1 aromatic carbocycles. The van der Waals surface area contributed by atoms with Gasteiger partial charge in [0.2, 0.25) is 10.0 Å². The summed E-state index contributed by atoms with van der Waals surface area (Å²) in [4.78, 5) is 0. The average Bonchev–Trinajstić information content (AvgIpc) is 2.97. The smallest absolute Gasteiger partial charge is 0.214 e. The number of rotatable bonds is 7. The molecule has 1 aliphatic rings. The third-order valence-corrected chi connectivity index (χ3v) is 6.41. The minimum absolute atomic E-state index is 0.0250. The van der Waals surface area contributed by atoms with Crippen molar-refractivity contribution in [3.05, 3.63) is 35.9 Å². The molecule has 2 rings (SSSR count). The summed E-state index contributed by atoms with van der Waals surface area (Å²) in [7, 11) is -1.65. The Morgan fingerprint density at radius 1 is 1.24 bits per heavy atom. The molecule has 0 aliphatic heterocycles. The number of aliphatic hydroxyl groups excluding tert-OH is 1. The topological polar surface area (TPSA) is 57.6 Å². The lowest BCUT2D eigenvalue weighted by molar-refractivity contribution is 0.239. The van der Waals surface area contributed by atoms with Crippen LogP contribution in [-0.4, -0.2) is 37.2 Å². The second-order valence-corrected chi connectivity index (χ2v) is 7.96. The number of hydrogen-bond donors (Lipinski definition) is 1. The average molecular weight is 311 g/mol. The zero-order valence-electron chi connectivity index (χ0n) is 12.6. The van der Waals surface area contributed by atoms with Crippen LogP contribution < -0.4 is 0 Å². The maximum absolute atomic E-state index is 12.6. The summed E-state index contributed by atoms with van der Waals surface area (Å²) in [6.07, 6.45) is 4.74.